The van der Waals surface area contributed by atoms with E-state index in [1.54, 1.807) is 11.8 Å². The van der Waals surface area contributed by atoms with Crippen LogP contribution in [0.15, 0.2) is 6.33 Å². The van der Waals surface area contributed by atoms with Crippen molar-refractivity contribution in [1.29, 1.82) is 0 Å². The summed E-state index contributed by atoms with van der Waals surface area (Å²) in [6.45, 7) is 2.58. The highest BCUT2D eigenvalue weighted by Crippen LogP contribution is 2.28. The average Bonchev–Trinajstić information content (AvgIpc) is 2.25. The fourth-order valence-corrected chi connectivity index (χ4v) is 1.42. The highest BCUT2D eigenvalue weighted by molar-refractivity contribution is 7.99. The average molecular weight is 263 g/mol. The van der Waals surface area contributed by atoms with Gasteiger partial charge in [0.15, 0.2) is 0 Å². The zero-order valence-corrected chi connectivity index (χ0v) is 10.4. The molecule has 6 nitrogen and oxygen atoms in total. The van der Waals surface area contributed by atoms with Gasteiger partial charge in [0.25, 0.3) is 0 Å². The lowest BCUT2D eigenvalue weighted by atomic mass is 10.4. The van der Waals surface area contributed by atoms with E-state index < -0.39 is 4.92 Å². The Balaban J connectivity index is 2.87. The third kappa shape index (κ3) is 3.21. The summed E-state index contributed by atoms with van der Waals surface area (Å²) in [5.74, 6) is 0.158. The smallest absolute Gasteiger partial charge is 0.348 e. The molecule has 1 aromatic rings. The molecule has 0 aliphatic rings. The zero-order valence-electron chi connectivity index (χ0n) is 8.81. The van der Waals surface area contributed by atoms with Crippen LogP contribution < -0.4 is 5.32 Å². The molecule has 88 valence electrons. The normalized spacial score (nSPS) is 12.2. The fourth-order valence-electron chi connectivity index (χ4n) is 0.972. The lowest BCUT2D eigenvalue weighted by Gasteiger charge is -2.10. The summed E-state index contributed by atoms with van der Waals surface area (Å²) in [5, 5.41) is 13.8. The van der Waals surface area contributed by atoms with E-state index in [2.05, 4.69) is 15.3 Å². The molecule has 1 N–H and O–H groups in total. The Kier molecular flexibility index (Phi) is 4.75. The molecule has 0 fully saturated rings. The number of thioether (sulfide) groups is 1. The molecule has 1 heterocycles. The van der Waals surface area contributed by atoms with Crippen molar-refractivity contribution in [3.63, 3.8) is 0 Å². The topological polar surface area (TPSA) is 81.0 Å². The van der Waals surface area contributed by atoms with Gasteiger partial charge in [-0.25, -0.2) is 9.97 Å². The van der Waals surface area contributed by atoms with Crippen molar-refractivity contribution in [2.75, 3.05) is 18.1 Å². The number of nitrogens with one attached hydrogen (secondary N) is 1. The molecule has 0 aliphatic heterocycles. The van der Waals surface area contributed by atoms with Crippen LogP contribution in [0, 0.1) is 10.1 Å². The molecule has 0 aromatic carbocycles. The van der Waals surface area contributed by atoms with Gasteiger partial charge in [-0.1, -0.05) is 18.5 Å². The predicted octanol–water partition coefficient (Wildman–Crippen LogP) is 2.20. The molecule has 0 aliphatic carbocycles. The van der Waals surface area contributed by atoms with Crippen LogP contribution >= 0.6 is 23.4 Å². The second-order valence-corrected chi connectivity index (χ2v) is 4.68. The van der Waals surface area contributed by atoms with Gasteiger partial charge in [0.05, 0.1) is 4.92 Å². The number of hydrogen-bond donors (Lipinski definition) is 1. The number of aromatic nitrogens is 2. The van der Waals surface area contributed by atoms with Crippen molar-refractivity contribution in [2.45, 2.75) is 12.2 Å². The molecule has 0 saturated carbocycles. The van der Waals surface area contributed by atoms with Crippen LogP contribution in [0.1, 0.15) is 6.92 Å². The first kappa shape index (κ1) is 13.0. The van der Waals surface area contributed by atoms with Crippen LogP contribution in [0.5, 0.6) is 0 Å². The first-order valence-electron chi connectivity index (χ1n) is 4.47. The molecule has 8 heteroatoms. The van der Waals surface area contributed by atoms with E-state index in [1.165, 1.54) is 6.33 Å². The summed E-state index contributed by atoms with van der Waals surface area (Å²) >= 11 is 7.29. The number of hydrogen-bond acceptors (Lipinski definition) is 6. The summed E-state index contributed by atoms with van der Waals surface area (Å²) in [5.41, 5.74) is -0.280. The minimum Gasteiger partial charge on any atom is -0.363 e. The van der Waals surface area contributed by atoms with E-state index in [-0.39, 0.29) is 16.7 Å². The predicted molar refractivity (Wildman–Crippen MR) is 65.2 cm³/mol. The van der Waals surface area contributed by atoms with E-state index in [4.69, 9.17) is 11.6 Å². The third-order valence-corrected chi connectivity index (χ3v) is 3.17. The number of nitro groups is 1. The number of anilines is 1. The first-order valence-corrected chi connectivity index (χ1v) is 6.14. The van der Waals surface area contributed by atoms with E-state index in [1.807, 2.05) is 13.2 Å². The molecular weight excluding hydrogens is 252 g/mol. The Morgan fingerprint density at radius 3 is 2.94 bits per heavy atom. The van der Waals surface area contributed by atoms with Crippen LogP contribution in [-0.4, -0.2) is 32.9 Å². The fraction of sp³-hybridized carbons (Fsp3) is 0.500. The number of rotatable bonds is 5. The molecule has 1 rings (SSSR count). The Hall–Kier alpha value is -1.08. The minimum atomic E-state index is -0.589. The van der Waals surface area contributed by atoms with Crippen molar-refractivity contribution in [2.24, 2.45) is 0 Å². The molecule has 16 heavy (non-hydrogen) atoms. The Morgan fingerprint density at radius 1 is 1.69 bits per heavy atom. The second kappa shape index (κ2) is 5.86. The Bertz CT molecular complexity index is 390. The molecule has 0 spiro atoms. The van der Waals surface area contributed by atoms with Gasteiger partial charge in [0, 0.05) is 11.8 Å². The van der Waals surface area contributed by atoms with Crippen molar-refractivity contribution >= 4 is 34.9 Å². The maximum atomic E-state index is 10.8. The summed E-state index contributed by atoms with van der Waals surface area (Å²) in [7, 11) is 0. The monoisotopic (exact) mass is 262 g/mol. The number of halogens is 1. The van der Waals surface area contributed by atoms with Gasteiger partial charge in [-0.05, 0) is 6.26 Å². The van der Waals surface area contributed by atoms with E-state index >= 15 is 0 Å². The summed E-state index contributed by atoms with van der Waals surface area (Å²) in [6, 6.07) is 0. The lowest BCUT2D eigenvalue weighted by Crippen LogP contribution is -2.15. The van der Waals surface area contributed by atoms with E-state index in [0.29, 0.717) is 11.8 Å². The SMILES string of the molecule is CSC(C)CNc1ncnc(Cl)c1[N+](=O)[O-]. The first-order chi connectivity index (χ1) is 7.56. The van der Waals surface area contributed by atoms with Crippen LogP contribution in [0.3, 0.4) is 0 Å². The summed E-state index contributed by atoms with van der Waals surface area (Å²) in [6.07, 6.45) is 3.16. The van der Waals surface area contributed by atoms with Crippen molar-refractivity contribution in [1.82, 2.24) is 9.97 Å². The van der Waals surface area contributed by atoms with Gasteiger partial charge in [0.1, 0.15) is 6.33 Å². The highest BCUT2D eigenvalue weighted by atomic mass is 35.5. The van der Waals surface area contributed by atoms with E-state index in [9.17, 15) is 10.1 Å². The quantitative estimate of drug-likeness (QED) is 0.498. The van der Waals surface area contributed by atoms with Crippen LogP contribution in [0.25, 0.3) is 0 Å². The van der Waals surface area contributed by atoms with Gasteiger partial charge in [0.2, 0.25) is 11.0 Å². The molecule has 1 atom stereocenters. The van der Waals surface area contributed by atoms with Gasteiger partial charge in [-0.15, -0.1) is 0 Å². The summed E-state index contributed by atoms with van der Waals surface area (Å²) < 4.78 is 0. The van der Waals surface area contributed by atoms with Crippen molar-refractivity contribution < 1.29 is 4.92 Å². The lowest BCUT2D eigenvalue weighted by molar-refractivity contribution is -0.384. The minimum absolute atomic E-state index is 0.153. The second-order valence-electron chi connectivity index (χ2n) is 3.05. The summed E-state index contributed by atoms with van der Waals surface area (Å²) in [4.78, 5) is 17.5. The maximum Gasteiger partial charge on any atom is 0.348 e. The number of nitrogens with zero attached hydrogens (tertiary/aromatic N) is 3. The van der Waals surface area contributed by atoms with Gasteiger partial charge >= 0.3 is 5.69 Å². The van der Waals surface area contributed by atoms with Crippen LogP contribution in [-0.2, 0) is 0 Å². The highest BCUT2D eigenvalue weighted by Gasteiger charge is 2.21. The van der Waals surface area contributed by atoms with E-state index in [0.717, 1.165) is 0 Å². The standard InChI is InChI=1S/C8H11ClN4O2S/c1-5(16-2)3-10-8-6(13(14)15)7(9)11-4-12-8/h4-5H,3H2,1-2H3,(H,10,11,12). The molecule has 0 bridgehead atoms. The van der Waals surface area contributed by atoms with Crippen molar-refractivity contribution in [3.05, 3.63) is 21.6 Å². The third-order valence-electron chi connectivity index (χ3n) is 1.92. The van der Waals surface area contributed by atoms with Crippen LogP contribution in [0.2, 0.25) is 5.15 Å². The molecule has 1 aromatic heterocycles. The van der Waals surface area contributed by atoms with Gasteiger partial charge < -0.3 is 5.32 Å². The molecule has 0 amide bonds. The Morgan fingerprint density at radius 2 is 2.38 bits per heavy atom. The molecular formula is C8H11ClN4O2S. The largest absolute Gasteiger partial charge is 0.363 e. The molecule has 0 saturated heterocycles. The van der Waals surface area contributed by atoms with Gasteiger partial charge in [-0.3, -0.25) is 10.1 Å². The Labute approximate surface area is 102 Å². The molecule has 1 unspecified atom stereocenters. The maximum absolute atomic E-state index is 10.8. The van der Waals surface area contributed by atoms with Crippen molar-refractivity contribution in [3.8, 4) is 0 Å². The van der Waals surface area contributed by atoms with Crippen LogP contribution in [0.4, 0.5) is 11.5 Å². The zero-order chi connectivity index (χ0) is 12.1. The molecule has 0 radical (unpaired) electrons. The van der Waals surface area contributed by atoms with Gasteiger partial charge in [-0.2, -0.15) is 11.8 Å².